The van der Waals surface area contributed by atoms with Crippen LogP contribution in [-0.2, 0) is 16.9 Å². The lowest BCUT2D eigenvalue weighted by atomic mass is 9.82. The molecule has 1 heterocycles. The summed E-state index contributed by atoms with van der Waals surface area (Å²) in [5, 5.41) is 4.10. The van der Waals surface area contributed by atoms with Gasteiger partial charge in [-0.15, -0.1) is 0 Å². The van der Waals surface area contributed by atoms with Crippen LogP contribution >= 0.6 is 0 Å². The van der Waals surface area contributed by atoms with Gasteiger partial charge < -0.3 is 0 Å². The van der Waals surface area contributed by atoms with Gasteiger partial charge in [-0.25, -0.2) is 8.42 Å². The topological polar surface area (TPSA) is 90.0 Å². The van der Waals surface area contributed by atoms with E-state index in [1.165, 1.54) is 6.26 Å². The van der Waals surface area contributed by atoms with E-state index in [1.807, 2.05) is 24.7 Å². The standard InChI is InChI=1S/C13H24N4O2S/c1-9-7-12(17(2)16-9)13(15-14)10-5-4-6-11(8-10)20(3,18)19/h7,10-11,13,15H,4-6,8,14H2,1-3H3. The lowest BCUT2D eigenvalue weighted by Gasteiger charge is -2.33. The molecule has 1 aliphatic carbocycles. The quantitative estimate of drug-likeness (QED) is 0.635. The van der Waals surface area contributed by atoms with Crippen LogP contribution in [0.5, 0.6) is 0 Å². The predicted octanol–water partition coefficient (Wildman–Crippen LogP) is 0.836. The molecule has 1 aromatic rings. The summed E-state index contributed by atoms with van der Waals surface area (Å²) in [5.74, 6) is 5.95. The molecular weight excluding hydrogens is 276 g/mol. The number of aromatic nitrogens is 2. The SMILES string of the molecule is Cc1cc(C(NN)C2CCCC(S(C)(=O)=O)C2)n(C)n1. The zero-order chi connectivity index (χ0) is 14.9. The van der Waals surface area contributed by atoms with Gasteiger partial charge in [-0.1, -0.05) is 6.42 Å². The summed E-state index contributed by atoms with van der Waals surface area (Å²) in [6.07, 6.45) is 4.68. The van der Waals surface area contributed by atoms with Crippen LogP contribution in [0.4, 0.5) is 0 Å². The van der Waals surface area contributed by atoms with Gasteiger partial charge in [0.25, 0.3) is 0 Å². The molecule has 3 unspecified atom stereocenters. The fourth-order valence-corrected chi connectivity index (χ4v) is 4.45. The fraction of sp³-hybridized carbons (Fsp3) is 0.769. The number of hydrazine groups is 1. The molecule has 0 aromatic carbocycles. The fourth-order valence-electron chi connectivity index (χ4n) is 3.26. The van der Waals surface area contributed by atoms with Gasteiger partial charge in [0.2, 0.25) is 0 Å². The smallest absolute Gasteiger partial charge is 0.150 e. The van der Waals surface area contributed by atoms with Crippen LogP contribution in [0.15, 0.2) is 6.07 Å². The Morgan fingerprint density at radius 2 is 2.20 bits per heavy atom. The minimum absolute atomic E-state index is 0.0502. The maximum absolute atomic E-state index is 11.8. The third-order valence-electron chi connectivity index (χ3n) is 4.28. The minimum atomic E-state index is -2.98. The second-order valence-electron chi connectivity index (χ2n) is 5.86. The number of hydrogen-bond donors (Lipinski definition) is 2. The van der Waals surface area contributed by atoms with Crippen molar-refractivity contribution in [2.45, 2.75) is 43.9 Å². The maximum Gasteiger partial charge on any atom is 0.150 e. The van der Waals surface area contributed by atoms with Crippen molar-refractivity contribution in [1.82, 2.24) is 15.2 Å². The number of sulfone groups is 1. The second kappa shape index (κ2) is 5.83. The van der Waals surface area contributed by atoms with Gasteiger partial charge in [-0.3, -0.25) is 16.0 Å². The Bertz CT molecular complexity index is 567. The highest BCUT2D eigenvalue weighted by Gasteiger charge is 2.34. The molecule has 114 valence electrons. The molecule has 2 rings (SSSR count). The highest BCUT2D eigenvalue weighted by Crippen LogP contribution is 2.36. The lowest BCUT2D eigenvalue weighted by molar-refractivity contribution is 0.266. The first-order chi connectivity index (χ1) is 9.32. The molecule has 3 N–H and O–H groups in total. The van der Waals surface area contributed by atoms with E-state index in [-0.39, 0.29) is 17.2 Å². The van der Waals surface area contributed by atoms with Crippen molar-refractivity contribution in [3.05, 3.63) is 17.5 Å². The number of rotatable bonds is 4. The molecule has 0 aliphatic heterocycles. The molecular formula is C13H24N4O2S. The molecule has 7 heteroatoms. The highest BCUT2D eigenvalue weighted by atomic mass is 32.2. The monoisotopic (exact) mass is 300 g/mol. The average molecular weight is 300 g/mol. The molecule has 1 aliphatic rings. The molecule has 0 saturated heterocycles. The Balaban J connectivity index is 2.21. The Hall–Kier alpha value is -0.920. The molecule has 1 aromatic heterocycles. The molecule has 0 bridgehead atoms. The van der Waals surface area contributed by atoms with Gasteiger partial charge in [-0.05, 0) is 38.2 Å². The van der Waals surface area contributed by atoms with E-state index in [9.17, 15) is 8.42 Å². The van der Waals surface area contributed by atoms with E-state index < -0.39 is 9.84 Å². The number of nitrogens with zero attached hydrogens (tertiary/aromatic N) is 2. The zero-order valence-corrected chi connectivity index (χ0v) is 13.2. The first-order valence-corrected chi connectivity index (χ1v) is 8.94. The average Bonchev–Trinajstić information content (AvgIpc) is 2.69. The van der Waals surface area contributed by atoms with Gasteiger partial charge >= 0.3 is 0 Å². The lowest BCUT2D eigenvalue weighted by Crippen LogP contribution is -2.39. The molecule has 6 nitrogen and oxygen atoms in total. The predicted molar refractivity (Wildman–Crippen MR) is 78.6 cm³/mol. The third-order valence-corrected chi connectivity index (χ3v) is 5.92. The number of aryl methyl sites for hydroxylation is 2. The van der Waals surface area contributed by atoms with Crippen molar-refractivity contribution >= 4 is 9.84 Å². The van der Waals surface area contributed by atoms with Gasteiger partial charge in [0, 0.05) is 13.3 Å². The molecule has 3 atom stereocenters. The van der Waals surface area contributed by atoms with Crippen LogP contribution in [0.2, 0.25) is 0 Å². The van der Waals surface area contributed by atoms with Crippen molar-refractivity contribution in [3.8, 4) is 0 Å². The van der Waals surface area contributed by atoms with Crippen LogP contribution in [-0.4, -0.2) is 29.7 Å². The van der Waals surface area contributed by atoms with Gasteiger partial charge in [0.05, 0.1) is 22.7 Å². The largest absolute Gasteiger partial charge is 0.271 e. The summed E-state index contributed by atoms with van der Waals surface area (Å²) in [5.41, 5.74) is 4.82. The van der Waals surface area contributed by atoms with E-state index in [0.29, 0.717) is 6.42 Å². The zero-order valence-electron chi connectivity index (χ0n) is 12.3. The van der Waals surface area contributed by atoms with Crippen molar-refractivity contribution in [1.29, 1.82) is 0 Å². The summed E-state index contributed by atoms with van der Waals surface area (Å²) < 4.78 is 25.4. The molecule has 1 fully saturated rings. The van der Waals surface area contributed by atoms with Gasteiger partial charge in [-0.2, -0.15) is 5.10 Å². The van der Waals surface area contributed by atoms with Crippen LogP contribution in [0.3, 0.4) is 0 Å². The Kier molecular flexibility index (Phi) is 4.51. The number of nitrogens with one attached hydrogen (secondary N) is 1. The summed E-state index contributed by atoms with van der Waals surface area (Å²) >= 11 is 0. The van der Waals surface area contributed by atoms with Gasteiger partial charge in [0.1, 0.15) is 9.84 Å². The van der Waals surface area contributed by atoms with Crippen molar-refractivity contribution < 1.29 is 8.42 Å². The van der Waals surface area contributed by atoms with E-state index in [1.54, 1.807) is 0 Å². The molecule has 0 amide bonds. The first-order valence-electron chi connectivity index (χ1n) is 6.98. The first kappa shape index (κ1) is 15.5. The summed E-state index contributed by atoms with van der Waals surface area (Å²) in [6.45, 7) is 1.94. The van der Waals surface area contributed by atoms with E-state index in [2.05, 4.69) is 10.5 Å². The molecule has 0 radical (unpaired) electrons. The number of nitrogens with two attached hydrogens (primary N) is 1. The van der Waals surface area contributed by atoms with Crippen LogP contribution < -0.4 is 11.3 Å². The Morgan fingerprint density at radius 3 is 2.70 bits per heavy atom. The van der Waals surface area contributed by atoms with E-state index in [0.717, 1.165) is 30.7 Å². The Morgan fingerprint density at radius 1 is 1.50 bits per heavy atom. The number of hydrogen-bond acceptors (Lipinski definition) is 5. The normalized spacial score (nSPS) is 25.6. The van der Waals surface area contributed by atoms with Crippen LogP contribution in [0.25, 0.3) is 0 Å². The van der Waals surface area contributed by atoms with E-state index in [4.69, 9.17) is 5.84 Å². The maximum atomic E-state index is 11.8. The van der Waals surface area contributed by atoms with Crippen molar-refractivity contribution in [3.63, 3.8) is 0 Å². The summed E-state index contributed by atoms with van der Waals surface area (Å²) in [6, 6.07) is 1.96. The van der Waals surface area contributed by atoms with Crippen LogP contribution in [0.1, 0.15) is 43.1 Å². The van der Waals surface area contributed by atoms with Crippen LogP contribution in [0, 0.1) is 12.8 Å². The van der Waals surface area contributed by atoms with E-state index >= 15 is 0 Å². The summed E-state index contributed by atoms with van der Waals surface area (Å²) in [4.78, 5) is 0. The minimum Gasteiger partial charge on any atom is -0.271 e. The molecule has 0 spiro atoms. The highest BCUT2D eigenvalue weighted by molar-refractivity contribution is 7.91. The molecule has 1 saturated carbocycles. The Labute approximate surface area is 120 Å². The van der Waals surface area contributed by atoms with Crippen molar-refractivity contribution in [2.24, 2.45) is 18.8 Å². The third kappa shape index (κ3) is 3.21. The molecule has 20 heavy (non-hydrogen) atoms. The summed E-state index contributed by atoms with van der Waals surface area (Å²) in [7, 11) is -1.09. The van der Waals surface area contributed by atoms with Gasteiger partial charge in [0.15, 0.2) is 0 Å². The second-order valence-corrected chi connectivity index (χ2v) is 8.18. The van der Waals surface area contributed by atoms with Crippen molar-refractivity contribution in [2.75, 3.05) is 6.26 Å².